The highest BCUT2D eigenvalue weighted by molar-refractivity contribution is 6.13. The van der Waals surface area contributed by atoms with Gasteiger partial charge in [-0.1, -0.05) is 38.1 Å². The molecule has 100 valence electrons. The molecule has 2 aromatic rings. The molecule has 0 saturated heterocycles. The lowest BCUT2D eigenvalue weighted by atomic mass is 9.70. The summed E-state index contributed by atoms with van der Waals surface area (Å²) < 4.78 is 0. The van der Waals surface area contributed by atoms with Gasteiger partial charge in [0.05, 0.1) is 0 Å². The zero-order chi connectivity index (χ0) is 14.2. The molecular weight excluding hydrogens is 246 g/mol. The summed E-state index contributed by atoms with van der Waals surface area (Å²) in [7, 11) is 0. The lowest BCUT2D eigenvalue weighted by Gasteiger charge is -2.33. The Morgan fingerprint density at radius 3 is 2.55 bits per heavy atom. The molecule has 0 spiro atoms. The molecule has 1 aromatic heterocycles. The summed E-state index contributed by atoms with van der Waals surface area (Å²) in [5.74, 6) is 0.150. The standard InChI is InChI=1S/C18H17NO/c1-18(2)12-14(11-13-7-9-19-10-8-13)17(20)15-5-3-4-6-16(15)18/h3-11H,12H2,1-2H3. The second-order valence-corrected chi connectivity index (χ2v) is 5.89. The van der Waals surface area contributed by atoms with E-state index < -0.39 is 0 Å². The molecular formula is C18H17NO. The molecule has 0 fully saturated rings. The lowest BCUT2D eigenvalue weighted by molar-refractivity contribution is 0.101. The van der Waals surface area contributed by atoms with Crippen LogP contribution < -0.4 is 0 Å². The molecule has 0 N–H and O–H groups in total. The molecule has 0 unspecified atom stereocenters. The van der Waals surface area contributed by atoms with Crippen LogP contribution in [0.1, 0.15) is 41.8 Å². The minimum Gasteiger partial charge on any atom is -0.289 e. The Morgan fingerprint density at radius 1 is 1.10 bits per heavy atom. The molecule has 0 bridgehead atoms. The summed E-state index contributed by atoms with van der Waals surface area (Å²) in [4.78, 5) is 16.6. The van der Waals surface area contributed by atoms with Crippen LogP contribution in [0.2, 0.25) is 0 Å². The number of aromatic nitrogens is 1. The predicted octanol–water partition coefficient (Wildman–Crippen LogP) is 4.03. The van der Waals surface area contributed by atoms with Crippen LogP contribution in [0.5, 0.6) is 0 Å². The number of hydrogen-bond acceptors (Lipinski definition) is 2. The van der Waals surface area contributed by atoms with Crippen molar-refractivity contribution in [3.63, 3.8) is 0 Å². The van der Waals surface area contributed by atoms with Gasteiger partial charge in [0.25, 0.3) is 0 Å². The Bertz CT molecular complexity index is 684. The van der Waals surface area contributed by atoms with Gasteiger partial charge in [0.1, 0.15) is 0 Å². The zero-order valence-electron chi connectivity index (χ0n) is 11.8. The first-order valence-corrected chi connectivity index (χ1v) is 6.83. The molecule has 1 aromatic carbocycles. The van der Waals surface area contributed by atoms with Gasteiger partial charge in [-0.15, -0.1) is 0 Å². The van der Waals surface area contributed by atoms with Gasteiger partial charge in [0.2, 0.25) is 0 Å². The summed E-state index contributed by atoms with van der Waals surface area (Å²) in [6, 6.07) is 11.8. The van der Waals surface area contributed by atoms with E-state index in [4.69, 9.17) is 0 Å². The molecule has 0 saturated carbocycles. The SMILES string of the molecule is CC1(C)CC(=Cc2ccncc2)C(=O)c2ccccc21. The third-order valence-electron chi connectivity index (χ3n) is 3.87. The molecule has 2 heteroatoms. The van der Waals surface area contributed by atoms with E-state index in [9.17, 15) is 4.79 Å². The van der Waals surface area contributed by atoms with Crippen molar-refractivity contribution in [2.24, 2.45) is 0 Å². The number of rotatable bonds is 1. The summed E-state index contributed by atoms with van der Waals surface area (Å²) in [5.41, 5.74) is 3.88. The zero-order valence-corrected chi connectivity index (χ0v) is 11.8. The third-order valence-corrected chi connectivity index (χ3v) is 3.87. The Morgan fingerprint density at radius 2 is 1.80 bits per heavy atom. The van der Waals surface area contributed by atoms with Gasteiger partial charge in [0.15, 0.2) is 5.78 Å². The number of carbonyl (C=O) groups is 1. The number of benzene rings is 1. The fraction of sp³-hybridized carbons (Fsp3) is 0.222. The Balaban J connectivity index is 2.09. The fourth-order valence-electron chi connectivity index (χ4n) is 2.87. The average molecular weight is 263 g/mol. The van der Waals surface area contributed by atoms with Gasteiger partial charge in [0, 0.05) is 23.5 Å². The van der Waals surface area contributed by atoms with E-state index in [1.54, 1.807) is 12.4 Å². The van der Waals surface area contributed by atoms with Crippen molar-refractivity contribution in [1.29, 1.82) is 0 Å². The summed E-state index contributed by atoms with van der Waals surface area (Å²) in [5, 5.41) is 0. The molecule has 3 rings (SSSR count). The van der Waals surface area contributed by atoms with Crippen molar-refractivity contribution in [3.05, 3.63) is 71.1 Å². The Hall–Kier alpha value is -2.22. The van der Waals surface area contributed by atoms with Gasteiger partial charge >= 0.3 is 0 Å². The maximum absolute atomic E-state index is 12.6. The van der Waals surface area contributed by atoms with E-state index >= 15 is 0 Å². The van der Waals surface area contributed by atoms with Crippen LogP contribution in [0, 0.1) is 0 Å². The smallest absolute Gasteiger partial charge is 0.189 e. The van der Waals surface area contributed by atoms with Crippen molar-refractivity contribution >= 4 is 11.9 Å². The normalized spacial score (nSPS) is 18.9. The molecule has 1 aliphatic rings. The molecule has 2 nitrogen and oxygen atoms in total. The first-order valence-electron chi connectivity index (χ1n) is 6.83. The number of carbonyl (C=O) groups excluding carboxylic acids is 1. The number of allylic oxidation sites excluding steroid dienone is 1. The van der Waals surface area contributed by atoms with E-state index in [1.165, 1.54) is 0 Å². The van der Waals surface area contributed by atoms with Gasteiger partial charge in [-0.3, -0.25) is 9.78 Å². The van der Waals surface area contributed by atoms with Gasteiger partial charge < -0.3 is 0 Å². The van der Waals surface area contributed by atoms with E-state index in [-0.39, 0.29) is 11.2 Å². The molecule has 20 heavy (non-hydrogen) atoms. The lowest BCUT2D eigenvalue weighted by Crippen LogP contribution is -2.29. The summed E-state index contributed by atoms with van der Waals surface area (Å²) in [6.07, 6.45) is 6.25. The van der Waals surface area contributed by atoms with Crippen molar-refractivity contribution in [1.82, 2.24) is 4.98 Å². The van der Waals surface area contributed by atoms with Crippen LogP contribution in [0.3, 0.4) is 0 Å². The van der Waals surface area contributed by atoms with E-state index in [0.717, 1.165) is 28.7 Å². The third kappa shape index (κ3) is 2.18. The first-order chi connectivity index (χ1) is 9.58. The quantitative estimate of drug-likeness (QED) is 0.727. The van der Waals surface area contributed by atoms with Crippen LogP contribution in [-0.4, -0.2) is 10.8 Å². The number of hydrogen-bond donors (Lipinski definition) is 0. The molecule has 1 heterocycles. The van der Waals surface area contributed by atoms with E-state index in [1.807, 2.05) is 36.4 Å². The maximum atomic E-state index is 12.6. The van der Waals surface area contributed by atoms with Gasteiger partial charge in [-0.25, -0.2) is 0 Å². The average Bonchev–Trinajstić information content (AvgIpc) is 2.46. The molecule has 0 amide bonds. The maximum Gasteiger partial charge on any atom is 0.189 e. The topological polar surface area (TPSA) is 30.0 Å². The highest BCUT2D eigenvalue weighted by Crippen LogP contribution is 2.39. The first kappa shape index (κ1) is 12.8. The van der Waals surface area contributed by atoms with E-state index in [0.29, 0.717) is 0 Å². The highest BCUT2D eigenvalue weighted by atomic mass is 16.1. The monoisotopic (exact) mass is 263 g/mol. The van der Waals surface area contributed by atoms with Crippen LogP contribution >= 0.6 is 0 Å². The van der Waals surface area contributed by atoms with Crippen molar-refractivity contribution < 1.29 is 4.79 Å². The van der Waals surface area contributed by atoms with Crippen LogP contribution in [0.25, 0.3) is 6.08 Å². The van der Waals surface area contributed by atoms with Gasteiger partial charge in [-0.05, 0) is 41.2 Å². The number of pyridine rings is 1. The summed E-state index contributed by atoms with van der Waals surface area (Å²) >= 11 is 0. The van der Waals surface area contributed by atoms with Gasteiger partial charge in [-0.2, -0.15) is 0 Å². The van der Waals surface area contributed by atoms with Crippen LogP contribution in [-0.2, 0) is 5.41 Å². The molecule has 0 aliphatic heterocycles. The number of nitrogens with zero attached hydrogens (tertiary/aromatic N) is 1. The van der Waals surface area contributed by atoms with Crippen molar-refractivity contribution in [3.8, 4) is 0 Å². The number of ketones is 1. The van der Waals surface area contributed by atoms with Crippen LogP contribution in [0.4, 0.5) is 0 Å². The Labute approximate surface area is 119 Å². The number of fused-ring (bicyclic) bond motifs is 1. The van der Waals surface area contributed by atoms with Crippen molar-refractivity contribution in [2.45, 2.75) is 25.7 Å². The molecule has 0 radical (unpaired) electrons. The van der Waals surface area contributed by atoms with E-state index in [2.05, 4.69) is 24.9 Å². The molecule has 0 atom stereocenters. The summed E-state index contributed by atoms with van der Waals surface area (Å²) in [6.45, 7) is 4.39. The Kier molecular flexibility index (Phi) is 3.01. The highest BCUT2D eigenvalue weighted by Gasteiger charge is 2.34. The van der Waals surface area contributed by atoms with Crippen LogP contribution in [0.15, 0.2) is 54.4 Å². The van der Waals surface area contributed by atoms with Crippen molar-refractivity contribution in [2.75, 3.05) is 0 Å². The molecule has 1 aliphatic carbocycles. The fourth-order valence-corrected chi connectivity index (χ4v) is 2.87. The predicted molar refractivity (Wildman–Crippen MR) is 80.6 cm³/mol. The second kappa shape index (κ2) is 4.71. The minimum atomic E-state index is -0.0105. The largest absolute Gasteiger partial charge is 0.289 e. The second-order valence-electron chi connectivity index (χ2n) is 5.89. The number of Topliss-reactive ketones (excluding diaryl/α,β-unsaturated/α-hetero) is 1. The minimum absolute atomic E-state index is 0.0105.